The van der Waals surface area contributed by atoms with Crippen molar-refractivity contribution >= 4 is 23.2 Å². The average Bonchev–Trinajstić information content (AvgIpc) is 2.48. The molecule has 1 aromatic rings. The van der Waals surface area contributed by atoms with Crippen LogP contribution in [0.15, 0.2) is 24.3 Å². The van der Waals surface area contributed by atoms with Crippen LogP contribution in [0.25, 0.3) is 0 Å². The monoisotopic (exact) mass is 306 g/mol. The number of nitrogens with one attached hydrogen (secondary N) is 1. The highest BCUT2D eigenvalue weighted by Gasteiger charge is 2.24. The van der Waals surface area contributed by atoms with Gasteiger partial charge in [-0.1, -0.05) is 0 Å². The first-order valence-electron chi connectivity index (χ1n) is 7.01. The summed E-state index contributed by atoms with van der Waals surface area (Å²) in [5, 5.41) is 13.2. The Morgan fingerprint density at radius 1 is 1.27 bits per heavy atom. The third kappa shape index (κ3) is 4.26. The van der Waals surface area contributed by atoms with Gasteiger partial charge in [0.15, 0.2) is 0 Å². The van der Waals surface area contributed by atoms with Crippen molar-refractivity contribution in [1.82, 2.24) is 4.90 Å². The van der Waals surface area contributed by atoms with Gasteiger partial charge in [-0.25, -0.2) is 0 Å². The van der Waals surface area contributed by atoms with Gasteiger partial charge in [-0.05, 0) is 38.1 Å². The van der Waals surface area contributed by atoms with Gasteiger partial charge in [0, 0.05) is 23.7 Å². The minimum atomic E-state index is -0.492. The number of amides is 2. The van der Waals surface area contributed by atoms with E-state index >= 15 is 0 Å². The number of nitro groups is 1. The molecule has 0 bridgehead atoms. The van der Waals surface area contributed by atoms with Gasteiger partial charge in [0.2, 0.25) is 11.8 Å². The summed E-state index contributed by atoms with van der Waals surface area (Å²) in [4.78, 5) is 35.0. The predicted octanol–water partition coefficient (Wildman–Crippen LogP) is 0.731. The van der Waals surface area contributed by atoms with E-state index in [-0.39, 0.29) is 30.0 Å². The zero-order chi connectivity index (χ0) is 16.1. The summed E-state index contributed by atoms with van der Waals surface area (Å²) in [6.45, 7) is 1.53. The first-order valence-corrected chi connectivity index (χ1v) is 7.01. The quantitative estimate of drug-likeness (QED) is 0.614. The van der Waals surface area contributed by atoms with Gasteiger partial charge < -0.3 is 11.1 Å². The maximum atomic E-state index is 11.9. The molecule has 8 heteroatoms. The van der Waals surface area contributed by atoms with Crippen molar-refractivity contribution in [1.29, 1.82) is 0 Å². The molecule has 0 saturated carbocycles. The Hall–Kier alpha value is -2.48. The van der Waals surface area contributed by atoms with E-state index in [1.165, 1.54) is 24.3 Å². The normalized spacial score (nSPS) is 16.2. The lowest BCUT2D eigenvalue weighted by Gasteiger charge is -2.29. The molecule has 2 amide bonds. The molecule has 0 atom stereocenters. The zero-order valence-electron chi connectivity index (χ0n) is 12.0. The Kier molecular flexibility index (Phi) is 5.05. The molecule has 118 valence electrons. The van der Waals surface area contributed by atoms with E-state index in [0.29, 0.717) is 31.6 Å². The molecule has 22 heavy (non-hydrogen) atoms. The molecular weight excluding hydrogens is 288 g/mol. The molecule has 1 aromatic carbocycles. The molecule has 1 saturated heterocycles. The number of nitrogens with two attached hydrogens (primary N) is 1. The number of anilines is 1. The SMILES string of the molecule is NC(=O)C1CCN(CC(=O)Nc2ccc([N+](=O)[O-])cc2)CC1. The number of nitro benzene ring substituents is 1. The molecule has 0 unspecified atom stereocenters. The van der Waals surface area contributed by atoms with Crippen molar-refractivity contribution < 1.29 is 14.5 Å². The average molecular weight is 306 g/mol. The van der Waals surface area contributed by atoms with Crippen molar-refractivity contribution in [3.8, 4) is 0 Å². The molecule has 0 aliphatic carbocycles. The predicted molar refractivity (Wildman–Crippen MR) is 80.1 cm³/mol. The summed E-state index contributed by atoms with van der Waals surface area (Å²) in [7, 11) is 0. The lowest BCUT2D eigenvalue weighted by atomic mass is 9.96. The van der Waals surface area contributed by atoms with Gasteiger partial charge in [-0.15, -0.1) is 0 Å². The molecule has 0 radical (unpaired) electrons. The second-order valence-electron chi connectivity index (χ2n) is 5.30. The third-order valence-corrected chi connectivity index (χ3v) is 3.72. The number of carbonyl (C=O) groups excluding carboxylic acids is 2. The number of rotatable bonds is 5. The van der Waals surface area contributed by atoms with Gasteiger partial charge in [-0.3, -0.25) is 24.6 Å². The molecular formula is C14H18N4O4. The Balaban J connectivity index is 1.81. The summed E-state index contributed by atoms with van der Waals surface area (Å²) < 4.78 is 0. The van der Waals surface area contributed by atoms with Crippen LogP contribution in [-0.2, 0) is 9.59 Å². The summed E-state index contributed by atoms with van der Waals surface area (Å²) >= 11 is 0. The first-order chi connectivity index (χ1) is 10.5. The Morgan fingerprint density at radius 3 is 2.36 bits per heavy atom. The van der Waals surface area contributed by atoms with Crippen molar-refractivity contribution in [2.24, 2.45) is 11.7 Å². The van der Waals surface area contributed by atoms with Crippen LogP contribution >= 0.6 is 0 Å². The topological polar surface area (TPSA) is 119 Å². The summed E-state index contributed by atoms with van der Waals surface area (Å²) in [6, 6.07) is 5.67. The maximum Gasteiger partial charge on any atom is 0.269 e. The Morgan fingerprint density at radius 2 is 1.86 bits per heavy atom. The largest absolute Gasteiger partial charge is 0.369 e. The lowest BCUT2D eigenvalue weighted by molar-refractivity contribution is -0.384. The first kappa shape index (κ1) is 15.9. The summed E-state index contributed by atoms with van der Waals surface area (Å²) in [6.07, 6.45) is 1.33. The minimum absolute atomic E-state index is 0.0217. The number of hydrogen-bond donors (Lipinski definition) is 2. The van der Waals surface area contributed by atoms with Crippen molar-refractivity contribution in [3.63, 3.8) is 0 Å². The van der Waals surface area contributed by atoms with Gasteiger partial charge in [0.25, 0.3) is 5.69 Å². The fraction of sp³-hybridized carbons (Fsp3) is 0.429. The number of non-ortho nitro benzene ring substituents is 1. The standard InChI is InChI=1S/C14H18N4O4/c15-14(20)10-5-7-17(8-6-10)9-13(19)16-11-1-3-12(4-2-11)18(21)22/h1-4,10H,5-9H2,(H2,15,20)(H,16,19). The van der Waals surface area contributed by atoms with E-state index in [1.807, 2.05) is 4.90 Å². The molecule has 2 rings (SSSR count). The summed E-state index contributed by atoms with van der Waals surface area (Å²) in [5.74, 6) is -0.574. The van der Waals surface area contributed by atoms with Crippen LogP contribution < -0.4 is 11.1 Å². The van der Waals surface area contributed by atoms with Gasteiger partial charge in [0.05, 0.1) is 11.5 Å². The van der Waals surface area contributed by atoms with Crippen LogP contribution in [0.2, 0.25) is 0 Å². The second-order valence-corrected chi connectivity index (χ2v) is 5.30. The number of likely N-dealkylation sites (tertiary alicyclic amines) is 1. The van der Waals surface area contributed by atoms with E-state index in [9.17, 15) is 19.7 Å². The van der Waals surface area contributed by atoms with Crippen molar-refractivity contribution in [2.45, 2.75) is 12.8 Å². The second kappa shape index (κ2) is 6.99. The Bertz CT molecular complexity index is 565. The van der Waals surface area contributed by atoms with E-state index < -0.39 is 4.92 Å². The van der Waals surface area contributed by atoms with Crippen LogP contribution in [0.4, 0.5) is 11.4 Å². The van der Waals surface area contributed by atoms with Gasteiger partial charge >= 0.3 is 0 Å². The van der Waals surface area contributed by atoms with E-state index in [1.54, 1.807) is 0 Å². The molecule has 0 aromatic heterocycles. The van der Waals surface area contributed by atoms with Crippen LogP contribution in [0, 0.1) is 16.0 Å². The van der Waals surface area contributed by atoms with Crippen molar-refractivity contribution in [2.75, 3.05) is 25.0 Å². The number of hydrogen-bond acceptors (Lipinski definition) is 5. The highest BCUT2D eigenvalue weighted by Crippen LogP contribution is 2.17. The van der Waals surface area contributed by atoms with Gasteiger partial charge in [-0.2, -0.15) is 0 Å². The van der Waals surface area contributed by atoms with Crippen LogP contribution in [-0.4, -0.2) is 41.3 Å². The highest BCUT2D eigenvalue weighted by molar-refractivity contribution is 5.92. The number of primary amides is 1. The molecule has 3 N–H and O–H groups in total. The number of nitrogens with zero attached hydrogens (tertiary/aromatic N) is 2. The number of carbonyl (C=O) groups is 2. The van der Waals surface area contributed by atoms with Crippen molar-refractivity contribution in [3.05, 3.63) is 34.4 Å². The van der Waals surface area contributed by atoms with E-state index in [2.05, 4.69) is 5.32 Å². The van der Waals surface area contributed by atoms with Crippen LogP contribution in [0.1, 0.15) is 12.8 Å². The molecule has 8 nitrogen and oxygen atoms in total. The fourth-order valence-corrected chi connectivity index (χ4v) is 2.45. The third-order valence-electron chi connectivity index (χ3n) is 3.72. The van der Waals surface area contributed by atoms with Crippen LogP contribution in [0.3, 0.4) is 0 Å². The highest BCUT2D eigenvalue weighted by atomic mass is 16.6. The Labute approximate surface area is 127 Å². The molecule has 1 aliphatic rings. The van der Waals surface area contributed by atoms with Gasteiger partial charge in [0.1, 0.15) is 0 Å². The molecule has 1 heterocycles. The van der Waals surface area contributed by atoms with E-state index in [4.69, 9.17) is 5.73 Å². The maximum absolute atomic E-state index is 11.9. The molecule has 0 spiro atoms. The molecule has 1 fully saturated rings. The number of benzene rings is 1. The summed E-state index contributed by atoms with van der Waals surface area (Å²) in [5.41, 5.74) is 5.76. The molecule has 1 aliphatic heterocycles. The van der Waals surface area contributed by atoms with E-state index in [0.717, 1.165) is 0 Å². The minimum Gasteiger partial charge on any atom is -0.369 e. The fourth-order valence-electron chi connectivity index (χ4n) is 2.45. The zero-order valence-corrected chi connectivity index (χ0v) is 12.0. The number of piperidine rings is 1. The smallest absolute Gasteiger partial charge is 0.269 e. The van der Waals surface area contributed by atoms with Crippen LogP contribution in [0.5, 0.6) is 0 Å². The lowest BCUT2D eigenvalue weighted by Crippen LogP contribution is -2.42.